The highest BCUT2D eigenvalue weighted by Gasteiger charge is 2.32. The molecule has 4 heterocycles. The number of benzene rings is 9. The van der Waals surface area contributed by atoms with E-state index < -0.39 is 0 Å². The van der Waals surface area contributed by atoms with Gasteiger partial charge < -0.3 is 13.6 Å². The van der Waals surface area contributed by atoms with E-state index in [1.165, 1.54) is 0 Å². The summed E-state index contributed by atoms with van der Waals surface area (Å²) in [4.78, 5) is 9.36. The summed E-state index contributed by atoms with van der Waals surface area (Å²) in [5.74, 6) is 0. The van der Waals surface area contributed by atoms with Crippen molar-refractivity contribution < 1.29 is 4.42 Å². The predicted octanol–water partition coefficient (Wildman–Crippen LogP) is 14.7. The Bertz CT molecular complexity index is 3980. The standard InChI is InChI=1S/C55H29N5O/c1-57-52-47(32-15-4-2-5-16-32)40(29-56)53(59-42-24-12-10-22-39(42)51-44(59)28-27-38-36-21-11-13-26-46(36)61-55(38)51)48(33-17-6-3-7-18-33)54(52)60-43-25-14-23-37-34-19-8-9-20-35(34)41-30-58-31-45(60)50(41)49(37)43/h2-28,30-31H. The zero-order chi connectivity index (χ0) is 40.3. The van der Waals surface area contributed by atoms with E-state index in [0.29, 0.717) is 28.2 Å². The number of hydrogen-bond acceptors (Lipinski definition) is 3. The summed E-state index contributed by atoms with van der Waals surface area (Å²) in [5.41, 5.74) is 10.4. The summed E-state index contributed by atoms with van der Waals surface area (Å²) in [6.07, 6.45) is 3.89. The van der Waals surface area contributed by atoms with Gasteiger partial charge in [0.25, 0.3) is 0 Å². The van der Waals surface area contributed by atoms with Gasteiger partial charge in [0.15, 0.2) is 0 Å². The summed E-state index contributed by atoms with van der Waals surface area (Å²) in [6.45, 7) is 9.14. The van der Waals surface area contributed by atoms with E-state index in [4.69, 9.17) is 16.0 Å². The number of furan rings is 1. The third-order valence-corrected chi connectivity index (χ3v) is 12.6. The number of nitriles is 1. The van der Waals surface area contributed by atoms with E-state index in [1.54, 1.807) is 0 Å². The second-order valence-electron chi connectivity index (χ2n) is 15.6. The van der Waals surface area contributed by atoms with Gasteiger partial charge in [-0.25, -0.2) is 4.85 Å². The van der Waals surface area contributed by atoms with Crippen molar-refractivity contribution in [3.63, 3.8) is 0 Å². The minimum atomic E-state index is 0.386. The molecule has 0 saturated carbocycles. The minimum absolute atomic E-state index is 0.386. The molecule has 280 valence electrons. The first-order valence-electron chi connectivity index (χ1n) is 20.2. The zero-order valence-corrected chi connectivity index (χ0v) is 32.4. The van der Waals surface area contributed by atoms with Gasteiger partial charge in [0.2, 0.25) is 5.69 Å². The average Bonchev–Trinajstić information content (AvgIpc) is 3.99. The fraction of sp³-hybridized carbons (Fsp3) is 0. The van der Waals surface area contributed by atoms with Crippen molar-refractivity contribution in [2.75, 3.05) is 0 Å². The molecule has 0 radical (unpaired) electrons. The highest BCUT2D eigenvalue weighted by Crippen LogP contribution is 2.53. The lowest BCUT2D eigenvalue weighted by Crippen LogP contribution is -2.08. The van der Waals surface area contributed by atoms with Crippen molar-refractivity contribution in [2.45, 2.75) is 0 Å². The predicted molar refractivity (Wildman–Crippen MR) is 248 cm³/mol. The van der Waals surface area contributed by atoms with Gasteiger partial charge in [-0.2, -0.15) is 5.26 Å². The van der Waals surface area contributed by atoms with Gasteiger partial charge in [-0.1, -0.05) is 133 Å². The maximum atomic E-state index is 11.7. The lowest BCUT2D eigenvalue weighted by Gasteiger charge is -2.25. The van der Waals surface area contributed by atoms with Crippen LogP contribution in [0, 0.1) is 17.9 Å². The van der Waals surface area contributed by atoms with Crippen LogP contribution in [-0.4, -0.2) is 14.1 Å². The molecule has 4 aromatic heterocycles. The summed E-state index contributed by atoms with van der Waals surface area (Å²) in [7, 11) is 0. The van der Waals surface area contributed by atoms with E-state index in [2.05, 4.69) is 111 Å². The van der Waals surface area contributed by atoms with Crippen LogP contribution in [0.4, 0.5) is 5.69 Å². The maximum absolute atomic E-state index is 11.7. The normalized spacial score (nSPS) is 11.9. The fourth-order valence-electron chi connectivity index (χ4n) is 10.2. The van der Waals surface area contributed by atoms with Crippen LogP contribution in [0.3, 0.4) is 0 Å². The van der Waals surface area contributed by atoms with Gasteiger partial charge in [0, 0.05) is 49.6 Å². The largest absolute Gasteiger partial charge is 0.455 e. The van der Waals surface area contributed by atoms with Crippen LogP contribution in [0.2, 0.25) is 0 Å². The minimum Gasteiger partial charge on any atom is -0.455 e. The Labute approximate surface area is 348 Å². The number of para-hydroxylation sites is 2. The Hall–Kier alpha value is -8.71. The molecule has 0 aliphatic rings. The summed E-state index contributed by atoms with van der Waals surface area (Å²) >= 11 is 0. The number of pyridine rings is 1. The molecule has 13 rings (SSSR count). The van der Waals surface area contributed by atoms with E-state index in [0.717, 1.165) is 104 Å². The third-order valence-electron chi connectivity index (χ3n) is 12.6. The second kappa shape index (κ2) is 12.4. The van der Waals surface area contributed by atoms with Crippen LogP contribution in [-0.2, 0) is 0 Å². The number of fused-ring (bicyclic) bond motifs is 10. The highest BCUT2D eigenvalue weighted by atomic mass is 16.3. The Morgan fingerprint density at radius 3 is 1.82 bits per heavy atom. The first kappa shape index (κ1) is 33.3. The molecule has 61 heavy (non-hydrogen) atoms. The Balaban J connectivity index is 1.31. The zero-order valence-electron chi connectivity index (χ0n) is 32.4. The van der Waals surface area contributed by atoms with Crippen LogP contribution < -0.4 is 0 Å². The Morgan fingerprint density at radius 2 is 1.07 bits per heavy atom. The van der Waals surface area contributed by atoms with Gasteiger partial charge in [0.05, 0.1) is 57.2 Å². The first-order valence-corrected chi connectivity index (χ1v) is 20.2. The smallest absolute Gasteiger partial charge is 0.220 e. The number of hydrogen-bond donors (Lipinski definition) is 0. The molecule has 6 nitrogen and oxygen atoms in total. The molecule has 0 amide bonds. The number of nitrogens with zero attached hydrogens (tertiary/aromatic N) is 5. The molecule has 0 saturated heterocycles. The van der Waals surface area contributed by atoms with Gasteiger partial charge in [-0.3, -0.25) is 4.98 Å². The van der Waals surface area contributed by atoms with E-state index in [9.17, 15) is 5.26 Å². The molecule has 0 bridgehead atoms. The van der Waals surface area contributed by atoms with Gasteiger partial charge >= 0.3 is 0 Å². The molecular weight excluding hydrogens is 747 g/mol. The lowest BCUT2D eigenvalue weighted by molar-refractivity contribution is 0.673. The number of rotatable bonds is 4. The van der Waals surface area contributed by atoms with E-state index in [-0.39, 0.29) is 0 Å². The first-order chi connectivity index (χ1) is 30.2. The van der Waals surface area contributed by atoms with Gasteiger partial charge in [-0.05, 0) is 57.6 Å². The van der Waals surface area contributed by atoms with Crippen LogP contribution in [0.15, 0.2) is 181 Å². The molecule has 0 fully saturated rings. The maximum Gasteiger partial charge on any atom is 0.220 e. The van der Waals surface area contributed by atoms with Crippen LogP contribution in [0.5, 0.6) is 0 Å². The topological polar surface area (TPSA) is 64.0 Å². The van der Waals surface area contributed by atoms with E-state index in [1.807, 2.05) is 85.2 Å². The molecule has 0 unspecified atom stereocenters. The van der Waals surface area contributed by atoms with Crippen molar-refractivity contribution in [2.24, 2.45) is 0 Å². The molecule has 0 atom stereocenters. The molecule has 9 aromatic carbocycles. The van der Waals surface area contributed by atoms with Gasteiger partial charge in [-0.15, -0.1) is 0 Å². The van der Waals surface area contributed by atoms with E-state index >= 15 is 0 Å². The SMILES string of the molecule is [C-]#[N+]c1c(-c2ccccc2)c(C#N)c(-n2c3ccccc3c3c4oc5ccccc5c4ccc32)c(-c2ccccc2)c1-n1c2cccc3c4ccccc4c4cncc1c4c32. The van der Waals surface area contributed by atoms with Crippen molar-refractivity contribution in [3.8, 4) is 39.7 Å². The fourth-order valence-corrected chi connectivity index (χ4v) is 10.2. The summed E-state index contributed by atoms with van der Waals surface area (Å²) in [5, 5.41) is 22.4. The summed E-state index contributed by atoms with van der Waals surface area (Å²) < 4.78 is 11.2. The summed E-state index contributed by atoms with van der Waals surface area (Å²) in [6, 6.07) is 58.6. The molecule has 0 aliphatic heterocycles. The second-order valence-corrected chi connectivity index (χ2v) is 15.6. The molecule has 0 aliphatic carbocycles. The monoisotopic (exact) mass is 775 g/mol. The van der Waals surface area contributed by atoms with Gasteiger partial charge in [0.1, 0.15) is 17.2 Å². The highest BCUT2D eigenvalue weighted by molar-refractivity contribution is 6.34. The molecule has 13 aromatic rings. The van der Waals surface area contributed by atoms with Crippen molar-refractivity contribution in [1.82, 2.24) is 14.1 Å². The third kappa shape index (κ3) is 4.35. The van der Waals surface area contributed by atoms with Crippen LogP contribution in [0.1, 0.15) is 5.56 Å². The Morgan fingerprint density at radius 1 is 0.475 bits per heavy atom. The number of aromatic nitrogens is 3. The van der Waals surface area contributed by atoms with Crippen LogP contribution >= 0.6 is 0 Å². The molecular formula is C55H29N5O. The molecule has 0 N–H and O–H groups in total. The molecule has 6 heteroatoms. The quantitative estimate of drug-likeness (QED) is 0.132. The van der Waals surface area contributed by atoms with Crippen molar-refractivity contribution in [1.29, 1.82) is 5.26 Å². The van der Waals surface area contributed by atoms with Crippen molar-refractivity contribution in [3.05, 3.63) is 193 Å². The van der Waals surface area contributed by atoms with Crippen molar-refractivity contribution >= 4 is 92.8 Å². The van der Waals surface area contributed by atoms with Crippen LogP contribution in [0.25, 0.3) is 126 Å². The Kier molecular flexibility index (Phi) is 6.76. The molecule has 0 spiro atoms. The lowest BCUT2D eigenvalue weighted by atomic mass is 9.88. The average molecular weight is 776 g/mol.